The van der Waals surface area contributed by atoms with Gasteiger partial charge in [-0.15, -0.1) is 0 Å². The second-order valence-electron chi connectivity index (χ2n) is 24.5. The van der Waals surface area contributed by atoms with E-state index in [2.05, 4.69) is 70.8 Å². The van der Waals surface area contributed by atoms with E-state index in [4.69, 9.17) is 40.0 Å². The lowest BCUT2D eigenvalue weighted by atomic mass is 10.0. The van der Waals surface area contributed by atoms with Crippen molar-refractivity contribution in [3.63, 3.8) is 0 Å². The molecule has 31 heteroatoms. The van der Waals surface area contributed by atoms with Gasteiger partial charge in [-0.3, -0.25) is 9.71 Å². The average molecular weight is 1540 g/mol. The highest BCUT2D eigenvalue weighted by molar-refractivity contribution is 8.01. The maximum Gasteiger partial charge on any atom is 0.264 e. The second kappa shape index (κ2) is 32.9. The number of nitrogens with zero attached hydrogens (tertiary/aromatic N) is 9. The van der Waals surface area contributed by atoms with Crippen molar-refractivity contribution >= 4 is 103 Å². The Morgan fingerprint density at radius 3 is 1.34 bits per heavy atom. The smallest absolute Gasteiger partial charge is 0.264 e. The van der Waals surface area contributed by atoms with Crippen LogP contribution < -0.4 is 33.1 Å². The molecule has 107 heavy (non-hydrogen) atoms. The van der Waals surface area contributed by atoms with E-state index in [1.54, 1.807) is 56.9 Å². The summed E-state index contributed by atoms with van der Waals surface area (Å²) in [7, 11) is -7.81. The van der Waals surface area contributed by atoms with E-state index >= 15 is 0 Å². The van der Waals surface area contributed by atoms with Gasteiger partial charge in [-0.2, -0.15) is 0 Å². The predicted molar refractivity (Wildman–Crippen MR) is 405 cm³/mol. The molecule has 0 bridgehead atoms. The molecule has 6 aromatic carbocycles. The summed E-state index contributed by atoms with van der Waals surface area (Å²) in [6.07, 6.45) is 12.4. The minimum Gasteiger partial charge on any atom is -0.494 e. The Morgan fingerprint density at radius 2 is 0.860 bits per heavy atom. The van der Waals surface area contributed by atoms with Crippen molar-refractivity contribution < 1.29 is 67.2 Å². The molecule has 2 aliphatic rings. The monoisotopic (exact) mass is 1540 g/mol. The van der Waals surface area contributed by atoms with Crippen LogP contribution in [0.1, 0.15) is 55.9 Å². The molecule has 3 N–H and O–H groups in total. The van der Waals surface area contributed by atoms with E-state index < -0.39 is 63.4 Å². The number of aryl methyl sites for hydroxylation is 4. The molecule has 0 spiro atoms. The fourth-order valence-electron chi connectivity index (χ4n) is 11.6. The maximum absolute atomic E-state index is 14.3. The van der Waals surface area contributed by atoms with Gasteiger partial charge >= 0.3 is 0 Å². The van der Waals surface area contributed by atoms with Gasteiger partial charge in [0.15, 0.2) is 5.15 Å². The van der Waals surface area contributed by atoms with E-state index in [-0.39, 0.29) is 46.9 Å². The van der Waals surface area contributed by atoms with Crippen LogP contribution in [0.25, 0.3) is 66.1 Å². The molecule has 14 rings (SSSR count). The summed E-state index contributed by atoms with van der Waals surface area (Å²) in [4.78, 5) is 38.4. The molecule has 556 valence electrons. The van der Waals surface area contributed by atoms with Crippen molar-refractivity contribution in [2.24, 2.45) is 0 Å². The lowest BCUT2D eigenvalue weighted by Crippen LogP contribution is -2.26. The number of fused-ring (bicyclic) bond motifs is 3. The van der Waals surface area contributed by atoms with Gasteiger partial charge in [-0.25, -0.2) is 78.7 Å². The number of halogens is 6. The van der Waals surface area contributed by atoms with Gasteiger partial charge in [0.05, 0.1) is 82.0 Å². The molecule has 2 aliphatic heterocycles. The van der Waals surface area contributed by atoms with E-state index in [0.717, 1.165) is 105 Å². The summed E-state index contributed by atoms with van der Waals surface area (Å²) in [5.41, 5.74) is 9.75. The van der Waals surface area contributed by atoms with Gasteiger partial charge in [0.25, 0.3) is 10.0 Å². The van der Waals surface area contributed by atoms with E-state index in [0.29, 0.717) is 99.8 Å². The van der Waals surface area contributed by atoms with Crippen LogP contribution in [-0.2, 0) is 38.9 Å². The van der Waals surface area contributed by atoms with Crippen LogP contribution in [0.3, 0.4) is 0 Å². The van der Waals surface area contributed by atoms with Gasteiger partial charge < -0.3 is 37.9 Å². The Morgan fingerprint density at radius 1 is 0.439 bits per heavy atom. The Kier molecular flexibility index (Phi) is 23.8. The first kappa shape index (κ1) is 77.3. The Balaban J connectivity index is 0.000000159. The third-order valence-corrected chi connectivity index (χ3v) is 22.1. The summed E-state index contributed by atoms with van der Waals surface area (Å²) >= 11 is 6.34. The number of benzene rings is 6. The van der Waals surface area contributed by atoms with Crippen molar-refractivity contribution in [1.82, 2.24) is 44.9 Å². The van der Waals surface area contributed by atoms with Gasteiger partial charge in [0.2, 0.25) is 5.88 Å². The fourth-order valence-corrected chi connectivity index (χ4v) is 15.5. The topological polar surface area (TPSA) is 276 Å². The molecular formula is C76H72ClF5N12O10S3. The first-order valence-electron chi connectivity index (χ1n) is 32.7. The summed E-state index contributed by atoms with van der Waals surface area (Å²) in [5, 5.41) is 2.58. The van der Waals surface area contributed by atoms with Crippen molar-refractivity contribution in [2.75, 3.05) is 54.8 Å². The molecular weight excluding hydrogens is 1470 g/mol. The zero-order chi connectivity index (χ0) is 75.2. The number of pyridine rings is 3. The lowest BCUT2D eigenvalue weighted by Gasteiger charge is -2.24. The van der Waals surface area contributed by atoms with Crippen LogP contribution in [0.5, 0.6) is 23.1 Å². The third-order valence-electron chi connectivity index (χ3n) is 17.2. The second-order valence-corrected chi connectivity index (χ2v) is 30.5. The van der Waals surface area contributed by atoms with Crippen LogP contribution in [0.4, 0.5) is 39.0 Å². The lowest BCUT2D eigenvalue weighted by molar-refractivity contribution is 0.0259. The van der Waals surface area contributed by atoms with E-state index in [1.807, 2.05) is 51.1 Å². The van der Waals surface area contributed by atoms with Crippen molar-refractivity contribution in [2.45, 2.75) is 87.7 Å². The van der Waals surface area contributed by atoms with Crippen LogP contribution in [0.2, 0.25) is 5.15 Å². The summed E-state index contributed by atoms with van der Waals surface area (Å²) < 4.78 is 163. The van der Waals surface area contributed by atoms with Crippen LogP contribution >= 0.6 is 11.6 Å². The number of anilines is 3. The number of nitrogens with one attached hydrogen (secondary N) is 3. The first-order valence-corrected chi connectivity index (χ1v) is 38.0. The molecule has 2 unspecified atom stereocenters. The standard InChI is InChI=1S/C26H24ClFN4O3S.C26H24F2N4O4S.C23H20F2N4O3S.CH4/c1-16-22-11-17(13-24(25(22)31-15-30-16)35-20-7-9-34-10-8-20)18-12-23(26(27)29-14-18)32-36(2,33)21-5-3-19(28)4-6-21;1-15-21-9-17(11-24(26(21)31-14-30-15)36-20-5-7-35-8-6-20)18-10-23(16(2)29-13-18)32-37(33,34)25-4-3-19(27)12-22(25)28;1-13-17-7-14(9-20(31-2)22(17)28-12-27-13)15-8-19(23(32-3)26-11-15)29-33(4,30)21-6-5-16(24)10-18(21)25;/h3-6,11-15,20H,2,7-10H2,1H3,(H,32,33);3-4,9-14,20,32H,5-8H2,1-2H3;5-12H,4H2,1-3H3,(H,29,30);1H4. The molecule has 22 nitrogen and oxygen atoms in total. The van der Waals surface area contributed by atoms with Gasteiger partial charge in [-0.1, -0.05) is 19.0 Å². The normalized spacial score (nSPS) is 14.4. The number of sulfonamides is 1. The highest BCUT2D eigenvalue weighted by Crippen LogP contribution is 2.40. The number of hydrogen-bond acceptors (Lipinski definition) is 19. The van der Waals surface area contributed by atoms with Gasteiger partial charge in [0.1, 0.15) is 105 Å². The molecule has 0 aliphatic carbocycles. The zero-order valence-electron chi connectivity index (χ0n) is 57.8. The quantitative estimate of drug-likeness (QED) is 0.0409. The van der Waals surface area contributed by atoms with Crippen molar-refractivity contribution in [3.8, 4) is 56.5 Å². The minimum atomic E-state index is -4.34. The zero-order valence-corrected chi connectivity index (χ0v) is 61.0. The molecule has 8 heterocycles. The Labute approximate surface area is 619 Å². The highest BCUT2D eigenvalue weighted by Gasteiger charge is 2.26. The third kappa shape index (κ3) is 17.9. The summed E-state index contributed by atoms with van der Waals surface area (Å²) in [5.74, 6) is 5.10. The highest BCUT2D eigenvalue weighted by atomic mass is 35.5. The summed E-state index contributed by atoms with van der Waals surface area (Å²) in [6, 6.07) is 26.7. The molecule has 2 fully saturated rings. The van der Waals surface area contributed by atoms with E-state index in [9.17, 15) is 38.8 Å². The van der Waals surface area contributed by atoms with E-state index in [1.165, 1.54) is 50.4 Å². The number of rotatable bonds is 18. The van der Waals surface area contributed by atoms with Gasteiger partial charge in [-0.05, 0) is 159 Å². The number of ether oxygens (including phenoxy) is 6. The number of methoxy groups -OCH3 is 2. The van der Waals surface area contributed by atoms with Gasteiger partial charge in [0, 0.05) is 111 Å². The van der Waals surface area contributed by atoms with Crippen molar-refractivity contribution in [3.05, 3.63) is 210 Å². The van der Waals surface area contributed by atoms with Crippen LogP contribution in [-0.4, -0.2) is 126 Å². The Hall–Kier alpha value is -10.8. The fraction of sp³-hybridized carbons (Fsp3) is 0.224. The molecule has 0 saturated carbocycles. The largest absolute Gasteiger partial charge is 0.494 e. The molecule has 12 aromatic rings. The maximum atomic E-state index is 14.3. The summed E-state index contributed by atoms with van der Waals surface area (Å²) in [6.45, 7) is 9.83. The SMILES string of the molecule is C.C=S(=O)(Nc1cc(-c2cc(OC)c3ncnc(C)c3c2)cnc1OC)c1ccc(F)cc1F.C=S(=O)(Nc1cc(-c2cc(OC3CCOCC3)c3ncnc(C)c3c2)cnc1Cl)c1ccc(F)cc1.Cc1ncc(-c2cc(OC3CCOCC3)c3ncnc(C)c3c2)cc1NS(=O)(=O)c1ccc(F)cc1F. The van der Waals surface area contributed by atoms with Crippen LogP contribution in [0, 0.1) is 56.8 Å². The number of hydrogen-bond donors (Lipinski definition) is 3. The predicted octanol–water partition coefficient (Wildman–Crippen LogP) is 15.4. The molecule has 0 radical (unpaired) electrons. The molecule has 6 aromatic heterocycles. The van der Waals surface area contributed by atoms with Crippen LogP contribution in [0.15, 0.2) is 168 Å². The minimum absolute atomic E-state index is 0. The average Bonchev–Trinajstić information content (AvgIpc) is 0.787. The number of aromatic nitrogens is 9. The Bertz CT molecular complexity index is 5700. The molecule has 0 amide bonds. The van der Waals surface area contributed by atoms with Crippen molar-refractivity contribution in [1.29, 1.82) is 0 Å². The first-order chi connectivity index (χ1) is 50.7. The molecule has 2 saturated heterocycles. The molecule has 2 atom stereocenters.